The Morgan fingerprint density at radius 1 is 1.32 bits per heavy atom. The maximum absolute atomic E-state index is 14.1. The van der Waals surface area contributed by atoms with E-state index in [0.29, 0.717) is 51.7 Å². The van der Waals surface area contributed by atoms with Crippen molar-refractivity contribution in [3.8, 4) is 16.5 Å². The van der Waals surface area contributed by atoms with Gasteiger partial charge in [0.2, 0.25) is 11.8 Å². The highest BCUT2D eigenvalue weighted by Gasteiger charge is 2.31. The quantitative estimate of drug-likeness (QED) is 0.325. The van der Waals surface area contributed by atoms with Gasteiger partial charge in [-0.25, -0.2) is 14.3 Å². The van der Waals surface area contributed by atoms with Gasteiger partial charge in [0, 0.05) is 12.1 Å². The lowest BCUT2D eigenvalue weighted by molar-refractivity contribution is -0.126. The van der Waals surface area contributed by atoms with Gasteiger partial charge >= 0.3 is 5.69 Å². The first-order valence-corrected chi connectivity index (χ1v) is 13.1. The first kappa shape index (κ1) is 25.7. The van der Waals surface area contributed by atoms with E-state index in [2.05, 4.69) is 16.9 Å². The summed E-state index contributed by atoms with van der Waals surface area (Å²) in [4.78, 5) is 46.0. The molecular weight excluding hydrogens is 508 g/mol. The van der Waals surface area contributed by atoms with Gasteiger partial charge in [-0.2, -0.15) is 0 Å². The zero-order valence-electron chi connectivity index (χ0n) is 21.1. The predicted octanol–water partition coefficient (Wildman–Crippen LogP) is 3.59. The molecule has 0 radical (unpaired) electrons. The summed E-state index contributed by atoms with van der Waals surface area (Å²) in [5, 5.41) is 3.13. The van der Waals surface area contributed by atoms with E-state index in [1.807, 2.05) is 24.3 Å². The van der Waals surface area contributed by atoms with E-state index in [9.17, 15) is 14.4 Å². The second kappa shape index (κ2) is 10.8. The number of nitrogens with zero attached hydrogens (tertiary/aromatic N) is 3. The minimum absolute atomic E-state index is 0.0726. The van der Waals surface area contributed by atoms with Gasteiger partial charge in [0.15, 0.2) is 0 Å². The van der Waals surface area contributed by atoms with Gasteiger partial charge in [-0.3, -0.25) is 14.2 Å². The fourth-order valence-electron chi connectivity index (χ4n) is 4.87. The van der Waals surface area contributed by atoms with Crippen molar-refractivity contribution in [2.75, 3.05) is 20.3 Å². The number of nitrogens with one attached hydrogen (secondary N) is 1. The van der Waals surface area contributed by atoms with E-state index in [1.165, 1.54) is 28.4 Å². The van der Waals surface area contributed by atoms with E-state index in [-0.39, 0.29) is 19.1 Å². The van der Waals surface area contributed by atoms with E-state index >= 15 is 0 Å². The number of methoxy groups -OCH3 is 1. The molecule has 198 valence electrons. The van der Waals surface area contributed by atoms with Crippen LogP contribution in [0.25, 0.3) is 21.0 Å². The van der Waals surface area contributed by atoms with Crippen molar-refractivity contribution in [3.63, 3.8) is 0 Å². The minimum atomic E-state index is -0.900. The Morgan fingerprint density at radius 2 is 2.13 bits per heavy atom. The second-order valence-corrected chi connectivity index (χ2v) is 9.94. The van der Waals surface area contributed by atoms with Crippen LogP contribution in [0.15, 0.2) is 63.4 Å². The summed E-state index contributed by atoms with van der Waals surface area (Å²) in [6.07, 6.45) is 5.06. The second-order valence-electron chi connectivity index (χ2n) is 8.94. The van der Waals surface area contributed by atoms with Crippen LogP contribution < -0.4 is 21.3 Å². The maximum Gasteiger partial charge on any atom is 0.332 e. The molecule has 0 bridgehead atoms. The van der Waals surface area contributed by atoms with Crippen LogP contribution in [0.5, 0.6) is 5.75 Å². The molecule has 1 aliphatic rings. The van der Waals surface area contributed by atoms with Crippen LogP contribution in [0.2, 0.25) is 0 Å². The molecule has 1 amide bonds. The van der Waals surface area contributed by atoms with Crippen LogP contribution >= 0.6 is 11.3 Å². The van der Waals surface area contributed by atoms with Crippen LogP contribution in [0.3, 0.4) is 0 Å². The van der Waals surface area contributed by atoms with Crippen molar-refractivity contribution in [2.24, 2.45) is 0 Å². The number of rotatable bonds is 9. The molecule has 1 aromatic carbocycles. The molecule has 11 heteroatoms. The van der Waals surface area contributed by atoms with Crippen LogP contribution in [-0.2, 0) is 16.1 Å². The van der Waals surface area contributed by atoms with Crippen molar-refractivity contribution in [1.82, 2.24) is 19.4 Å². The lowest BCUT2D eigenvalue weighted by Gasteiger charge is -2.25. The Hall–Kier alpha value is -3.96. The number of carbonyl (C=O) groups is 1. The molecule has 0 spiro atoms. The SMILES string of the molecule is C=CCO[C@@H](Cn1c(=O)n(C2CCCNC2=O)c(=O)c2c(C)c(-c3ncco3)sc21)c1ccccc1OC. The first-order valence-electron chi connectivity index (χ1n) is 12.3. The first-order chi connectivity index (χ1) is 18.5. The highest BCUT2D eigenvalue weighted by atomic mass is 32.1. The van der Waals surface area contributed by atoms with Crippen molar-refractivity contribution in [1.29, 1.82) is 0 Å². The van der Waals surface area contributed by atoms with Crippen LogP contribution in [-0.4, -0.2) is 40.3 Å². The molecule has 38 heavy (non-hydrogen) atoms. The molecule has 1 aliphatic heterocycles. The molecule has 4 heterocycles. The molecule has 1 N–H and O–H groups in total. The Morgan fingerprint density at radius 3 is 2.84 bits per heavy atom. The number of piperidine rings is 1. The molecule has 0 saturated carbocycles. The Labute approximate surface area is 222 Å². The predicted molar refractivity (Wildman–Crippen MR) is 144 cm³/mol. The molecule has 1 fully saturated rings. The summed E-state index contributed by atoms with van der Waals surface area (Å²) in [6.45, 7) is 6.37. The third kappa shape index (κ3) is 4.48. The Balaban J connectivity index is 1.76. The van der Waals surface area contributed by atoms with Crippen molar-refractivity contribution in [2.45, 2.75) is 38.5 Å². The monoisotopic (exact) mass is 536 g/mol. The molecule has 1 saturated heterocycles. The number of fused-ring (bicyclic) bond motifs is 1. The fourth-order valence-corrected chi connectivity index (χ4v) is 6.11. The number of aryl methyl sites for hydroxylation is 1. The normalized spacial score (nSPS) is 16.4. The van der Waals surface area contributed by atoms with Gasteiger partial charge < -0.3 is 19.2 Å². The smallest absolute Gasteiger partial charge is 0.332 e. The van der Waals surface area contributed by atoms with Gasteiger partial charge in [-0.15, -0.1) is 17.9 Å². The summed E-state index contributed by atoms with van der Waals surface area (Å²) < 4.78 is 19.8. The topological polar surface area (TPSA) is 118 Å². The number of carbonyl (C=O) groups excluding carboxylic acids is 1. The molecule has 2 atom stereocenters. The van der Waals surface area contributed by atoms with Gasteiger partial charge in [0.1, 0.15) is 29.0 Å². The number of thiophene rings is 1. The van der Waals surface area contributed by atoms with Gasteiger partial charge in [-0.05, 0) is 31.4 Å². The number of para-hydroxylation sites is 1. The van der Waals surface area contributed by atoms with E-state index in [0.717, 1.165) is 10.1 Å². The van der Waals surface area contributed by atoms with Crippen LogP contribution in [0.4, 0.5) is 0 Å². The highest BCUT2D eigenvalue weighted by molar-refractivity contribution is 7.22. The summed E-state index contributed by atoms with van der Waals surface area (Å²) in [7, 11) is 1.57. The van der Waals surface area contributed by atoms with Crippen molar-refractivity contribution < 1.29 is 18.7 Å². The molecule has 0 aliphatic carbocycles. The Kier molecular flexibility index (Phi) is 7.30. The molecule has 3 aromatic heterocycles. The van der Waals surface area contributed by atoms with E-state index in [4.69, 9.17) is 13.9 Å². The molecule has 5 rings (SSSR count). The molecule has 1 unspecified atom stereocenters. The molecule has 4 aromatic rings. The number of amides is 1. The third-order valence-electron chi connectivity index (χ3n) is 6.69. The standard InChI is InChI=1S/C27H28N4O6S/c1-4-13-36-20(17-8-5-6-10-19(17)35-3)15-30-26-21(16(2)22(38-26)24-29-12-14-37-24)25(33)31(27(30)34)18-9-7-11-28-23(18)32/h4-6,8,10,12,14,18,20H,1,7,9,11,13,15H2,2-3H3,(H,28,32)/t18?,20-/m0/s1. The number of hydrogen-bond acceptors (Lipinski definition) is 8. The number of oxazole rings is 1. The maximum atomic E-state index is 14.1. The van der Waals surface area contributed by atoms with E-state index < -0.39 is 23.4 Å². The minimum Gasteiger partial charge on any atom is -0.496 e. The summed E-state index contributed by atoms with van der Waals surface area (Å²) in [5.41, 5.74) is 0.297. The zero-order chi connectivity index (χ0) is 26.8. The fraction of sp³-hybridized carbons (Fsp3) is 0.333. The van der Waals surface area contributed by atoms with Gasteiger partial charge in [-0.1, -0.05) is 24.3 Å². The summed E-state index contributed by atoms with van der Waals surface area (Å²) in [5.74, 6) is 0.619. The summed E-state index contributed by atoms with van der Waals surface area (Å²) >= 11 is 1.25. The number of hydrogen-bond donors (Lipinski definition) is 1. The molecule has 10 nitrogen and oxygen atoms in total. The van der Waals surface area contributed by atoms with Gasteiger partial charge in [0.25, 0.3) is 5.56 Å². The number of aromatic nitrogens is 3. The average Bonchev–Trinajstić information content (AvgIpc) is 3.57. The average molecular weight is 537 g/mol. The van der Waals surface area contributed by atoms with Crippen LogP contribution in [0.1, 0.15) is 36.1 Å². The lowest BCUT2D eigenvalue weighted by Crippen LogP contribution is -2.49. The number of ether oxygens (including phenoxy) is 2. The highest BCUT2D eigenvalue weighted by Crippen LogP contribution is 2.37. The zero-order valence-corrected chi connectivity index (χ0v) is 22.0. The molecular formula is C27H28N4O6S. The number of benzene rings is 1. The largest absolute Gasteiger partial charge is 0.496 e. The van der Waals surface area contributed by atoms with Gasteiger partial charge in [0.05, 0.1) is 36.7 Å². The lowest BCUT2D eigenvalue weighted by atomic mass is 10.1. The van der Waals surface area contributed by atoms with Crippen molar-refractivity contribution >= 4 is 27.5 Å². The van der Waals surface area contributed by atoms with Crippen molar-refractivity contribution in [3.05, 3.63) is 81.3 Å². The Bertz CT molecular complexity index is 1600. The van der Waals surface area contributed by atoms with Crippen LogP contribution in [0, 0.1) is 6.92 Å². The third-order valence-corrected chi connectivity index (χ3v) is 7.99. The van der Waals surface area contributed by atoms with E-state index in [1.54, 1.807) is 20.1 Å². The summed E-state index contributed by atoms with van der Waals surface area (Å²) in [6, 6.07) is 6.51.